The van der Waals surface area contributed by atoms with E-state index in [0.717, 1.165) is 24.8 Å². The Kier molecular flexibility index (Phi) is 7.04. The van der Waals surface area contributed by atoms with Crippen LogP contribution in [0.5, 0.6) is 0 Å². The summed E-state index contributed by atoms with van der Waals surface area (Å²) in [5.41, 5.74) is 0.702. The summed E-state index contributed by atoms with van der Waals surface area (Å²) in [7, 11) is 0. The summed E-state index contributed by atoms with van der Waals surface area (Å²) in [6, 6.07) is 0.154. The molecule has 0 heterocycles. The number of carbonyl (C=O) groups is 1. The molecule has 0 aromatic carbocycles. The van der Waals surface area contributed by atoms with E-state index in [-0.39, 0.29) is 12.1 Å². The van der Waals surface area contributed by atoms with Crippen LogP contribution in [0.25, 0.3) is 0 Å². The van der Waals surface area contributed by atoms with Crippen molar-refractivity contribution >= 4 is 6.09 Å². The highest BCUT2D eigenvalue weighted by molar-refractivity contribution is 5.68. The monoisotopic (exact) mass is 255 g/mol. The smallest absolute Gasteiger partial charge is 0.407 e. The van der Waals surface area contributed by atoms with Gasteiger partial charge in [0.15, 0.2) is 0 Å². The largest absolute Gasteiger partial charge is 0.444 e. The minimum Gasteiger partial charge on any atom is -0.444 e. The minimum atomic E-state index is -0.446. The van der Waals surface area contributed by atoms with Gasteiger partial charge in [0.25, 0.3) is 0 Å². The van der Waals surface area contributed by atoms with E-state index >= 15 is 0 Å². The maximum Gasteiger partial charge on any atom is 0.407 e. The van der Waals surface area contributed by atoms with Crippen molar-refractivity contribution in [2.24, 2.45) is 5.92 Å². The molecule has 0 saturated carbocycles. The van der Waals surface area contributed by atoms with Gasteiger partial charge in [0.05, 0.1) is 0 Å². The zero-order valence-corrected chi connectivity index (χ0v) is 12.8. The summed E-state index contributed by atoms with van der Waals surface area (Å²) in [6.07, 6.45) is 2.62. The van der Waals surface area contributed by atoms with Gasteiger partial charge in [-0.1, -0.05) is 25.8 Å². The number of ether oxygens (including phenoxy) is 1. The van der Waals surface area contributed by atoms with Crippen LogP contribution in [0.15, 0.2) is 12.2 Å². The zero-order valence-electron chi connectivity index (χ0n) is 12.8. The predicted octanol–water partition coefficient (Wildman–Crippen LogP) is 4.28. The molecular weight excluding hydrogens is 226 g/mol. The molecule has 0 aromatic rings. The molecule has 0 radical (unpaired) electrons. The average molecular weight is 255 g/mol. The van der Waals surface area contributed by atoms with Gasteiger partial charge in [0.1, 0.15) is 5.60 Å². The van der Waals surface area contributed by atoms with Gasteiger partial charge in [0, 0.05) is 6.04 Å². The quantitative estimate of drug-likeness (QED) is 0.719. The lowest BCUT2D eigenvalue weighted by atomic mass is 9.92. The molecule has 0 aromatic heterocycles. The van der Waals surface area contributed by atoms with Crippen LogP contribution in [-0.4, -0.2) is 17.7 Å². The molecule has 1 amide bonds. The van der Waals surface area contributed by atoms with Gasteiger partial charge in [-0.05, 0) is 46.5 Å². The first-order valence-corrected chi connectivity index (χ1v) is 6.79. The second kappa shape index (κ2) is 7.45. The molecule has 106 valence electrons. The van der Waals surface area contributed by atoms with E-state index in [9.17, 15) is 4.79 Å². The van der Waals surface area contributed by atoms with Crippen molar-refractivity contribution in [2.45, 2.75) is 72.4 Å². The molecule has 0 aliphatic heterocycles. The zero-order chi connectivity index (χ0) is 14.3. The number of hydrogen-bond acceptors (Lipinski definition) is 2. The van der Waals surface area contributed by atoms with Crippen LogP contribution in [0, 0.1) is 5.92 Å². The van der Waals surface area contributed by atoms with E-state index in [1.165, 1.54) is 0 Å². The molecule has 0 saturated heterocycles. The SMILES string of the molecule is C=C(C)CC(C)C(CCC)NC(=O)OC(C)(C)C. The summed E-state index contributed by atoms with van der Waals surface area (Å²) in [5, 5.41) is 2.98. The van der Waals surface area contributed by atoms with Crippen LogP contribution in [0.3, 0.4) is 0 Å². The first-order chi connectivity index (χ1) is 8.15. The number of alkyl carbamates (subject to hydrolysis) is 1. The van der Waals surface area contributed by atoms with Crippen molar-refractivity contribution in [3.63, 3.8) is 0 Å². The molecule has 2 unspecified atom stereocenters. The molecule has 2 atom stereocenters. The maximum atomic E-state index is 11.8. The fraction of sp³-hybridized carbons (Fsp3) is 0.800. The van der Waals surface area contributed by atoms with Gasteiger partial charge >= 0.3 is 6.09 Å². The molecule has 0 spiro atoms. The Bertz CT molecular complexity index is 279. The van der Waals surface area contributed by atoms with Crippen molar-refractivity contribution in [1.82, 2.24) is 5.32 Å². The van der Waals surface area contributed by atoms with E-state index in [1.807, 2.05) is 27.7 Å². The summed E-state index contributed by atoms with van der Waals surface area (Å²) in [6.45, 7) is 15.8. The van der Waals surface area contributed by atoms with E-state index in [4.69, 9.17) is 4.74 Å². The number of carbonyl (C=O) groups excluding carboxylic acids is 1. The standard InChI is InChI=1S/C15H29NO2/c1-8-9-13(12(4)10-11(2)3)16-14(17)18-15(5,6)7/h12-13H,2,8-10H2,1,3-7H3,(H,16,17). The van der Waals surface area contributed by atoms with Gasteiger partial charge in [-0.25, -0.2) is 4.79 Å². The molecule has 0 rings (SSSR count). The Balaban J connectivity index is 4.43. The van der Waals surface area contributed by atoms with E-state index in [1.54, 1.807) is 0 Å². The molecule has 0 bridgehead atoms. The Morgan fingerprint density at radius 1 is 1.39 bits per heavy atom. The molecule has 1 N–H and O–H groups in total. The third-order valence-electron chi connectivity index (χ3n) is 2.66. The van der Waals surface area contributed by atoms with Crippen molar-refractivity contribution in [3.05, 3.63) is 12.2 Å². The number of hydrogen-bond donors (Lipinski definition) is 1. The molecule has 0 fully saturated rings. The second-order valence-corrected chi connectivity index (χ2v) is 6.18. The highest BCUT2D eigenvalue weighted by atomic mass is 16.6. The third-order valence-corrected chi connectivity index (χ3v) is 2.66. The molecule has 3 heteroatoms. The molecule has 0 aliphatic rings. The van der Waals surface area contributed by atoms with Crippen molar-refractivity contribution in [1.29, 1.82) is 0 Å². The lowest BCUT2D eigenvalue weighted by Crippen LogP contribution is -2.42. The summed E-state index contributed by atoms with van der Waals surface area (Å²) in [5.74, 6) is 0.384. The highest BCUT2D eigenvalue weighted by Crippen LogP contribution is 2.18. The summed E-state index contributed by atoms with van der Waals surface area (Å²) in [4.78, 5) is 11.8. The normalized spacial score (nSPS) is 14.8. The highest BCUT2D eigenvalue weighted by Gasteiger charge is 2.22. The predicted molar refractivity (Wildman–Crippen MR) is 76.7 cm³/mol. The third kappa shape index (κ3) is 8.15. The minimum absolute atomic E-state index is 0.154. The Hall–Kier alpha value is -0.990. The van der Waals surface area contributed by atoms with E-state index in [2.05, 4.69) is 25.7 Å². The van der Waals surface area contributed by atoms with Crippen LogP contribution < -0.4 is 5.32 Å². The first kappa shape index (κ1) is 17.0. The van der Waals surface area contributed by atoms with Gasteiger partial charge in [0.2, 0.25) is 0 Å². The topological polar surface area (TPSA) is 38.3 Å². The number of allylic oxidation sites excluding steroid dienone is 1. The van der Waals surface area contributed by atoms with Crippen LogP contribution >= 0.6 is 0 Å². The maximum absolute atomic E-state index is 11.8. The van der Waals surface area contributed by atoms with Crippen LogP contribution in [0.2, 0.25) is 0 Å². The summed E-state index contributed by atoms with van der Waals surface area (Å²) < 4.78 is 5.30. The summed E-state index contributed by atoms with van der Waals surface area (Å²) >= 11 is 0. The van der Waals surface area contributed by atoms with Crippen molar-refractivity contribution in [3.8, 4) is 0 Å². The van der Waals surface area contributed by atoms with Gasteiger partial charge in [-0.15, -0.1) is 6.58 Å². The fourth-order valence-corrected chi connectivity index (χ4v) is 1.96. The van der Waals surface area contributed by atoms with Crippen LogP contribution in [0.1, 0.15) is 60.8 Å². The number of nitrogens with one attached hydrogen (secondary N) is 1. The second-order valence-electron chi connectivity index (χ2n) is 6.18. The first-order valence-electron chi connectivity index (χ1n) is 6.79. The lowest BCUT2D eigenvalue weighted by Gasteiger charge is -2.27. The molecule has 3 nitrogen and oxygen atoms in total. The van der Waals surface area contributed by atoms with Crippen LogP contribution in [0.4, 0.5) is 4.79 Å². The molecular formula is C15H29NO2. The lowest BCUT2D eigenvalue weighted by molar-refractivity contribution is 0.0484. The fourth-order valence-electron chi connectivity index (χ4n) is 1.96. The Morgan fingerprint density at radius 2 is 1.94 bits per heavy atom. The molecule has 18 heavy (non-hydrogen) atoms. The van der Waals surface area contributed by atoms with Gasteiger partial charge < -0.3 is 10.1 Å². The van der Waals surface area contributed by atoms with Gasteiger partial charge in [-0.3, -0.25) is 0 Å². The Morgan fingerprint density at radius 3 is 2.33 bits per heavy atom. The van der Waals surface area contributed by atoms with Gasteiger partial charge in [-0.2, -0.15) is 0 Å². The van der Waals surface area contributed by atoms with E-state index < -0.39 is 5.60 Å². The Labute approximate surface area is 112 Å². The van der Waals surface area contributed by atoms with E-state index in [0.29, 0.717) is 5.92 Å². The number of rotatable bonds is 6. The molecule has 0 aliphatic carbocycles. The van der Waals surface area contributed by atoms with Crippen LogP contribution in [-0.2, 0) is 4.74 Å². The van der Waals surface area contributed by atoms with Crippen molar-refractivity contribution < 1.29 is 9.53 Å². The number of amides is 1. The average Bonchev–Trinajstić information content (AvgIpc) is 2.12. The van der Waals surface area contributed by atoms with Crippen molar-refractivity contribution in [2.75, 3.05) is 0 Å².